The molecule has 0 spiro atoms. The van der Waals surface area contributed by atoms with Gasteiger partial charge in [0.15, 0.2) is 6.29 Å². The summed E-state index contributed by atoms with van der Waals surface area (Å²) in [5, 5.41) is 3.34. The van der Waals surface area contributed by atoms with E-state index in [1.807, 2.05) is 0 Å². The molecular formula is C9H18N2O2. The highest BCUT2D eigenvalue weighted by atomic mass is 16.7. The Balaban J connectivity index is 1.70. The molecule has 4 heteroatoms. The van der Waals surface area contributed by atoms with Gasteiger partial charge in [0, 0.05) is 13.0 Å². The van der Waals surface area contributed by atoms with Crippen LogP contribution in [0.5, 0.6) is 0 Å². The van der Waals surface area contributed by atoms with Crippen LogP contribution in [0.25, 0.3) is 0 Å². The fraction of sp³-hybridized carbons (Fsp3) is 1.00. The van der Waals surface area contributed by atoms with Crippen molar-refractivity contribution in [3.05, 3.63) is 0 Å². The molecule has 2 aliphatic rings. The second-order valence-electron chi connectivity index (χ2n) is 3.85. The standard InChI is InChI=1S/C9H18N2O2/c10-4-8-6-12-9(13-8)3-7-1-2-11-5-7/h7-9,11H,1-6,10H2. The Morgan fingerprint density at radius 3 is 3.00 bits per heavy atom. The largest absolute Gasteiger partial charge is 0.350 e. The van der Waals surface area contributed by atoms with Gasteiger partial charge in [-0.05, 0) is 25.4 Å². The molecule has 0 aliphatic carbocycles. The quantitative estimate of drug-likeness (QED) is 0.634. The summed E-state index contributed by atoms with van der Waals surface area (Å²) in [4.78, 5) is 0. The molecule has 2 heterocycles. The average Bonchev–Trinajstić information content (AvgIpc) is 2.76. The van der Waals surface area contributed by atoms with E-state index in [9.17, 15) is 0 Å². The lowest BCUT2D eigenvalue weighted by atomic mass is 10.1. The first kappa shape index (κ1) is 9.40. The minimum atomic E-state index is -0.00144. The van der Waals surface area contributed by atoms with Gasteiger partial charge in [-0.15, -0.1) is 0 Å². The van der Waals surface area contributed by atoms with Crippen molar-refractivity contribution in [3.8, 4) is 0 Å². The van der Waals surface area contributed by atoms with Crippen LogP contribution in [0, 0.1) is 5.92 Å². The fourth-order valence-electron chi connectivity index (χ4n) is 1.94. The molecule has 0 radical (unpaired) electrons. The van der Waals surface area contributed by atoms with Crippen LogP contribution in [0.3, 0.4) is 0 Å². The van der Waals surface area contributed by atoms with E-state index in [-0.39, 0.29) is 12.4 Å². The first-order valence-corrected chi connectivity index (χ1v) is 5.06. The molecule has 3 atom stereocenters. The van der Waals surface area contributed by atoms with Crippen molar-refractivity contribution >= 4 is 0 Å². The highest BCUT2D eigenvalue weighted by molar-refractivity contribution is 4.75. The average molecular weight is 186 g/mol. The van der Waals surface area contributed by atoms with Crippen molar-refractivity contribution < 1.29 is 9.47 Å². The van der Waals surface area contributed by atoms with Gasteiger partial charge < -0.3 is 20.5 Å². The molecule has 0 aromatic rings. The Morgan fingerprint density at radius 2 is 2.38 bits per heavy atom. The summed E-state index contributed by atoms with van der Waals surface area (Å²) in [5.74, 6) is 0.724. The third-order valence-electron chi connectivity index (χ3n) is 2.76. The zero-order chi connectivity index (χ0) is 9.10. The van der Waals surface area contributed by atoms with E-state index >= 15 is 0 Å². The topological polar surface area (TPSA) is 56.5 Å². The second-order valence-corrected chi connectivity index (χ2v) is 3.85. The van der Waals surface area contributed by atoms with Gasteiger partial charge in [0.25, 0.3) is 0 Å². The Bertz CT molecular complexity index is 160. The molecule has 2 aliphatic heterocycles. The van der Waals surface area contributed by atoms with Crippen LogP contribution in [-0.2, 0) is 9.47 Å². The van der Waals surface area contributed by atoms with Gasteiger partial charge in [0.1, 0.15) is 0 Å². The summed E-state index contributed by atoms with van der Waals surface area (Å²) >= 11 is 0. The summed E-state index contributed by atoms with van der Waals surface area (Å²) in [6, 6.07) is 0. The van der Waals surface area contributed by atoms with Crippen molar-refractivity contribution in [2.75, 3.05) is 26.2 Å². The molecule has 0 bridgehead atoms. The number of nitrogens with one attached hydrogen (secondary N) is 1. The first-order valence-electron chi connectivity index (χ1n) is 5.06. The van der Waals surface area contributed by atoms with Crippen LogP contribution >= 0.6 is 0 Å². The Labute approximate surface area is 78.8 Å². The van der Waals surface area contributed by atoms with E-state index < -0.39 is 0 Å². The molecular weight excluding hydrogens is 168 g/mol. The fourth-order valence-corrected chi connectivity index (χ4v) is 1.94. The lowest BCUT2D eigenvalue weighted by Crippen LogP contribution is -2.23. The Hall–Kier alpha value is -0.160. The zero-order valence-corrected chi connectivity index (χ0v) is 7.87. The molecule has 0 aromatic carbocycles. The van der Waals surface area contributed by atoms with Gasteiger partial charge in [0.2, 0.25) is 0 Å². The number of hydrogen-bond acceptors (Lipinski definition) is 4. The van der Waals surface area contributed by atoms with Gasteiger partial charge in [-0.3, -0.25) is 0 Å². The van der Waals surface area contributed by atoms with Crippen LogP contribution in [0.4, 0.5) is 0 Å². The van der Waals surface area contributed by atoms with Crippen LogP contribution in [0.1, 0.15) is 12.8 Å². The van der Waals surface area contributed by atoms with E-state index in [2.05, 4.69) is 5.32 Å². The molecule has 13 heavy (non-hydrogen) atoms. The summed E-state index contributed by atoms with van der Waals surface area (Å²) in [6.45, 7) is 3.48. The molecule has 3 unspecified atom stereocenters. The minimum Gasteiger partial charge on any atom is -0.350 e. The predicted octanol–water partition coefficient (Wildman–Crippen LogP) is -0.314. The van der Waals surface area contributed by atoms with Crippen LogP contribution in [0.2, 0.25) is 0 Å². The lowest BCUT2D eigenvalue weighted by Gasteiger charge is -2.14. The van der Waals surface area contributed by atoms with Crippen molar-refractivity contribution in [1.82, 2.24) is 5.32 Å². The number of rotatable bonds is 3. The molecule has 0 aromatic heterocycles. The summed E-state index contributed by atoms with van der Waals surface area (Å²) in [7, 11) is 0. The molecule has 2 saturated heterocycles. The highest BCUT2D eigenvalue weighted by Crippen LogP contribution is 2.21. The highest BCUT2D eigenvalue weighted by Gasteiger charge is 2.28. The normalized spacial score (nSPS) is 39.9. The Morgan fingerprint density at radius 1 is 1.46 bits per heavy atom. The lowest BCUT2D eigenvalue weighted by molar-refractivity contribution is -0.0685. The molecule has 4 nitrogen and oxygen atoms in total. The number of hydrogen-bond donors (Lipinski definition) is 2. The Kier molecular flexibility index (Phi) is 3.16. The third-order valence-corrected chi connectivity index (χ3v) is 2.76. The van der Waals surface area contributed by atoms with Gasteiger partial charge in [-0.2, -0.15) is 0 Å². The summed E-state index contributed by atoms with van der Waals surface area (Å²) in [6.07, 6.45) is 2.39. The smallest absolute Gasteiger partial charge is 0.158 e. The van der Waals surface area contributed by atoms with Gasteiger partial charge in [-0.1, -0.05) is 0 Å². The van der Waals surface area contributed by atoms with E-state index in [1.54, 1.807) is 0 Å². The summed E-state index contributed by atoms with van der Waals surface area (Å²) < 4.78 is 11.1. The SMILES string of the molecule is NCC1COC(CC2CCNC2)O1. The van der Waals surface area contributed by atoms with Crippen molar-refractivity contribution in [3.63, 3.8) is 0 Å². The maximum absolute atomic E-state index is 5.60. The molecule has 2 rings (SSSR count). The van der Waals surface area contributed by atoms with Crippen LogP contribution in [0.15, 0.2) is 0 Å². The van der Waals surface area contributed by atoms with Crippen molar-refractivity contribution in [1.29, 1.82) is 0 Å². The van der Waals surface area contributed by atoms with Crippen molar-refractivity contribution in [2.24, 2.45) is 11.7 Å². The van der Waals surface area contributed by atoms with E-state index in [0.29, 0.717) is 13.2 Å². The van der Waals surface area contributed by atoms with Crippen LogP contribution in [-0.4, -0.2) is 38.6 Å². The maximum atomic E-state index is 5.60. The molecule has 3 N–H and O–H groups in total. The monoisotopic (exact) mass is 186 g/mol. The number of ether oxygens (including phenoxy) is 2. The van der Waals surface area contributed by atoms with Gasteiger partial charge >= 0.3 is 0 Å². The predicted molar refractivity (Wildman–Crippen MR) is 49.3 cm³/mol. The molecule has 76 valence electrons. The third kappa shape index (κ3) is 2.40. The molecule has 0 amide bonds. The van der Waals surface area contributed by atoms with Gasteiger partial charge in [-0.25, -0.2) is 0 Å². The molecule has 2 fully saturated rings. The van der Waals surface area contributed by atoms with Crippen molar-refractivity contribution in [2.45, 2.75) is 25.2 Å². The zero-order valence-electron chi connectivity index (χ0n) is 7.87. The van der Waals surface area contributed by atoms with E-state index in [4.69, 9.17) is 15.2 Å². The second kappa shape index (κ2) is 4.37. The number of nitrogens with two attached hydrogens (primary N) is 1. The summed E-state index contributed by atoms with van der Waals surface area (Å²) in [5.41, 5.74) is 5.49. The maximum Gasteiger partial charge on any atom is 0.158 e. The molecule has 0 saturated carbocycles. The van der Waals surface area contributed by atoms with Gasteiger partial charge in [0.05, 0.1) is 12.7 Å². The van der Waals surface area contributed by atoms with E-state index in [1.165, 1.54) is 6.42 Å². The van der Waals surface area contributed by atoms with E-state index in [0.717, 1.165) is 25.4 Å². The first-order chi connectivity index (χ1) is 6.38. The van der Waals surface area contributed by atoms with Crippen LogP contribution < -0.4 is 11.1 Å². The minimum absolute atomic E-state index is 0.00144.